The fraction of sp³-hybridized carbons (Fsp3) is 0.857. The van der Waals surface area contributed by atoms with Gasteiger partial charge in [-0.2, -0.15) is 0 Å². The maximum Gasteiger partial charge on any atom is 0.109 e. The average Bonchev–Trinajstić information content (AvgIpc) is 2.35. The van der Waals surface area contributed by atoms with Crippen LogP contribution in [0, 0.1) is 0 Å². The van der Waals surface area contributed by atoms with Gasteiger partial charge < -0.3 is 20.4 Å². The lowest BCUT2D eigenvalue weighted by atomic mass is 9.93. The molecule has 116 valence electrons. The molecule has 0 aliphatic carbocycles. The van der Waals surface area contributed by atoms with Gasteiger partial charge in [-0.1, -0.05) is 36.8 Å². The van der Waals surface area contributed by atoms with Gasteiger partial charge >= 0.3 is 0 Å². The van der Waals surface area contributed by atoms with E-state index >= 15 is 0 Å². The number of rotatable bonds is 3. The highest BCUT2D eigenvalue weighted by molar-refractivity contribution is 6.82. The van der Waals surface area contributed by atoms with Gasteiger partial charge in [0.15, 0.2) is 0 Å². The van der Waals surface area contributed by atoms with Crippen LogP contribution in [0.5, 0.6) is 0 Å². The summed E-state index contributed by atoms with van der Waals surface area (Å²) in [5, 5.41) is 39.0. The van der Waals surface area contributed by atoms with Crippen LogP contribution in [0.25, 0.3) is 0 Å². The van der Waals surface area contributed by atoms with Crippen molar-refractivity contribution in [1.82, 2.24) is 4.90 Å². The zero-order valence-corrected chi connectivity index (χ0v) is 13.4. The summed E-state index contributed by atoms with van der Waals surface area (Å²) in [6.07, 6.45) is -0.967. The van der Waals surface area contributed by atoms with E-state index in [1.807, 2.05) is 4.90 Å². The number of aliphatic hydroxyl groups excluding tert-OH is 4. The summed E-state index contributed by atoms with van der Waals surface area (Å²) in [4.78, 5) is 1.91. The smallest absolute Gasteiger partial charge is 0.109 e. The predicted octanol–water partition coefficient (Wildman–Crippen LogP) is -0.287. The van der Waals surface area contributed by atoms with E-state index in [-0.39, 0.29) is 6.61 Å². The molecule has 0 radical (unpaired) electrons. The first-order chi connectivity index (χ1) is 9.34. The molecule has 2 heterocycles. The van der Waals surface area contributed by atoms with Crippen LogP contribution >= 0.6 is 0 Å². The van der Waals surface area contributed by atoms with Crippen molar-refractivity contribution in [2.45, 2.75) is 56.3 Å². The standard InChI is InChI=1S/C14H27NO4Si/c1-20(2)5-3-4-10(9-20)6-15-7-12(17)14(19)13(18)11(15)8-16/h9,11-14,16-19H,3-8H2,1-2H3. The number of piperidine rings is 1. The molecule has 0 aromatic carbocycles. The van der Waals surface area contributed by atoms with Crippen LogP contribution in [0.3, 0.4) is 0 Å². The van der Waals surface area contributed by atoms with Crippen molar-refractivity contribution in [1.29, 1.82) is 0 Å². The van der Waals surface area contributed by atoms with Crippen LogP contribution in [0.1, 0.15) is 12.8 Å². The van der Waals surface area contributed by atoms with Crippen molar-refractivity contribution in [3.8, 4) is 0 Å². The van der Waals surface area contributed by atoms with Gasteiger partial charge in [0.1, 0.15) is 12.2 Å². The van der Waals surface area contributed by atoms with Crippen molar-refractivity contribution in [2.24, 2.45) is 0 Å². The molecular weight excluding hydrogens is 274 g/mol. The van der Waals surface area contributed by atoms with E-state index in [0.29, 0.717) is 13.1 Å². The fourth-order valence-corrected chi connectivity index (χ4v) is 5.99. The van der Waals surface area contributed by atoms with Crippen LogP contribution in [0.15, 0.2) is 11.3 Å². The molecule has 20 heavy (non-hydrogen) atoms. The SMILES string of the molecule is C[Si]1(C)C=C(CN2CC(O)C(O)C(O)C2CO)CCC1. The van der Waals surface area contributed by atoms with Crippen molar-refractivity contribution in [2.75, 3.05) is 19.7 Å². The topological polar surface area (TPSA) is 84.2 Å². The number of hydrogen-bond acceptors (Lipinski definition) is 5. The van der Waals surface area contributed by atoms with Gasteiger partial charge in [-0.25, -0.2) is 0 Å². The van der Waals surface area contributed by atoms with Gasteiger partial charge in [0.2, 0.25) is 0 Å². The Balaban J connectivity index is 2.09. The van der Waals surface area contributed by atoms with E-state index in [1.54, 1.807) is 0 Å². The highest BCUT2D eigenvalue weighted by Crippen LogP contribution is 2.28. The van der Waals surface area contributed by atoms with Gasteiger partial charge in [0.25, 0.3) is 0 Å². The molecule has 1 fully saturated rings. The van der Waals surface area contributed by atoms with E-state index in [1.165, 1.54) is 18.0 Å². The Bertz CT molecular complexity index is 374. The van der Waals surface area contributed by atoms with Crippen LogP contribution in [0.2, 0.25) is 19.1 Å². The number of likely N-dealkylation sites (tertiary alicyclic amines) is 1. The third-order valence-corrected chi connectivity index (χ3v) is 7.37. The minimum atomic E-state index is -1.24. The minimum Gasteiger partial charge on any atom is -0.395 e. The molecule has 2 aliphatic rings. The van der Waals surface area contributed by atoms with Gasteiger partial charge in [0.05, 0.1) is 26.8 Å². The van der Waals surface area contributed by atoms with Crippen LogP contribution in [0.4, 0.5) is 0 Å². The molecule has 2 rings (SSSR count). The Morgan fingerprint density at radius 3 is 2.55 bits per heavy atom. The van der Waals surface area contributed by atoms with Crippen molar-refractivity contribution in [3.63, 3.8) is 0 Å². The molecule has 6 heteroatoms. The maximum absolute atomic E-state index is 9.99. The lowest BCUT2D eigenvalue weighted by molar-refractivity contribution is -0.143. The van der Waals surface area contributed by atoms with Crippen molar-refractivity contribution >= 4 is 8.07 Å². The van der Waals surface area contributed by atoms with Crippen LogP contribution in [-0.4, -0.2) is 77.5 Å². The second-order valence-electron chi connectivity index (χ2n) is 6.87. The normalized spacial score (nSPS) is 38.6. The number of aliphatic hydroxyl groups is 4. The third kappa shape index (κ3) is 3.50. The molecule has 4 unspecified atom stereocenters. The number of nitrogens with zero attached hydrogens (tertiary/aromatic N) is 1. The molecule has 5 nitrogen and oxygen atoms in total. The molecule has 0 spiro atoms. The van der Waals surface area contributed by atoms with Gasteiger partial charge in [-0.15, -0.1) is 0 Å². The Kier molecular flexibility index (Phi) is 5.04. The summed E-state index contributed by atoms with van der Waals surface area (Å²) in [5.74, 6) is 0. The average molecular weight is 301 g/mol. The molecule has 0 bridgehead atoms. The summed E-state index contributed by atoms with van der Waals surface area (Å²) in [6, 6.07) is 0.810. The zero-order valence-electron chi connectivity index (χ0n) is 12.4. The molecular formula is C14H27NO4Si. The summed E-state index contributed by atoms with van der Waals surface area (Å²) in [6.45, 7) is 5.45. The summed E-state index contributed by atoms with van der Waals surface area (Å²) in [7, 11) is -1.24. The van der Waals surface area contributed by atoms with Crippen molar-refractivity contribution in [3.05, 3.63) is 11.3 Å². The highest BCUT2D eigenvalue weighted by atomic mass is 28.3. The fourth-order valence-electron chi connectivity index (χ4n) is 3.41. The summed E-state index contributed by atoms with van der Waals surface area (Å²) in [5.41, 5.74) is 3.76. The summed E-state index contributed by atoms with van der Waals surface area (Å²) >= 11 is 0. The van der Waals surface area contributed by atoms with Crippen LogP contribution < -0.4 is 0 Å². The minimum absolute atomic E-state index is 0.209. The molecule has 0 aromatic heterocycles. The Labute approximate surface area is 121 Å². The molecule has 1 saturated heterocycles. The molecule has 0 aromatic rings. The van der Waals surface area contributed by atoms with Gasteiger partial charge in [-0.05, 0) is 6.42 Å². The van der Waals surface area contributed by atoms with Gasteiger partial charge in [-0.3, -0.25) is 4.90 Å². The van der Waals surface area contributed by atoms with Crippen molar-refractivity contribution < 1.29 is 20.4 Å². The monoisotopic (exact) mass is 301 g/mol. The molecule has 4 N–H and O–H groups in total. The number of β-amino-alcohol motifs (C(OH)–C–C–N with tert-alkyl or cyclic N) is 1. The van der Waals surface area contributed by atoms with E-state index in [2.05, 4.69) is 18.8 Å². The van der Waals surface area contributed by atoms with Crippen LogP contribution in [-0.2, 0) is 0 Å². The Morgan fingerprint density at radius 2 is 1.95 bits per heavy atom. The van der Waals surface area contributed by atoms with E-state index in [9.17, 15) is 20.4 Å². The molecule has 2 aliphatic heterocycles. The lowest BCUT2D eigenvalue weighted by Gasteiger charge is -2.44. The Hall–Kier alpha value is -0.243. The first kappa shape index (κ1) is 16.1. The first-order valence-corrected chi connectivity index (χ1v) is 10.7. The second-order valence-corrected chi connectivity index (χ2v) is 11.6. The largest absolute Gasteiger partial charge is 0.395 e. The maximum atomic E-state index is 9.99. The second kappa shape index (κ2) is 6.25. The Morgan fingerprint density at radius 1 is 1.25 bits per heavy atom. The first-order valence-electron chi connectivity index (χ1n) is 7.44. The van der Waals surface area contributed by atoms with Gasteiger partial charge in [0, 0.05) is 13.1 Å². The van der Waals surface area contributed by atoms with E-state index < -0.39 is 32.4 Å². The third-order valence-electron chi connectivity index (χ3n) is 4.54. The van der Waals surface area contributed by atoms with E-state index in [0.717, 1.165) is 6.42 Å². The number of hydrogen-bond donors (Lipinski definition) is 4. The lowest BCUT2D eigenvalue weighted by Crippen LogP contribution is -2.62. The highest BCUT2D eigenvalue weighted by Gasteiger charge is 2.41. The summed E-state index contributed by atoms with van der Waals surface area (Å²) < 4.78 is 0. The quantitative estimate of drug-likeness (QED) is 0.539. The zero-order chi connectivity index (χ0) is 14.9. The molecule has 0 saturated carbocycles. The van der Waals surface area contributed by atoms with E-state index in [4.69, 9.17) is 0 Å². The molecule has 4 atom stereocenters. The molecule has 0 amide bonds. The predicted molar refractivity (Wildman–Crippen MR) is 80.1 cm³/mol.